The zero-order chi connectivity index (χ0) is 18.6. The van der Waals surface area contributed by atoms with Gasteiger partial charge in [0.2, 0.25) is 0 Å². The Bertz CT molecular complexity index is 626. The predicted octanol–water partition coefficient (Wildman–Crippen LogP) is 3.07. The van der Waals surface area contributed by atoms with E-state index in [4.69, 9.17) is 0 Å². The van der Waals surface area contributed by atoms with Crippen LogP contribution in [0.3, 0.4) is 0 Å². The van der Waals surface area contributed by atoms with E-state index < -0.39 is 11.8 Å². The number of nitrogens with one attached hydrogen (secondary N) is 1. The molecular formula is C20H30N2O3. The van der Waals surface area contributed by atoms with Crippen molar-refractivity contribution in [2.75, 3.05) is 25.0 Å². The van der Waals surface area contributed by atoms with Gasteiger partial charge in [-0.15, -0.1) is 0 Å². The topological polar surface area (TPSA) is 69.6 Å². The van der Waals surface area contributed by atoms with Gasteiger partial charge >= 0.3 is 11.8 Å². The zero-order valence-electron chi connectivity index (χ0n) is 15.8. The Morgan fingerprint density at radius 3 is 2.44 bits per heavy atom. The highest BCUT2D eigenvalue weighted by molar-refractivity contribution is 6.39. The molecule has 2 rings (SSSR count). The van der Waals surface area contributed by atoms with Crippen molar-refractivity contribution < 1.29 is 14.7 Å². The average molecular weight is 346 g/mol. The SMILES string of the molecule is CCC1(CO)CCN(C(=O)C(=O)Nc2c(C)cccc2C(C)C)CC1. The van der Waals surface area contributed by atoms with Gasteiger partial charge in [0.15, 0.2) is 0 Å². The van der Waals surface area contributed by atoms with E-state index in [0.29, 0.717) is 13.1 Å². The molecular weight excluding hydrogens is 316 g/mol. The molecule has 0 saturated carbocycles. The van der Waals surface area contributed by atoms with Crippen LogP contribution in [0, 0.1) is 12.3 Å². The number of aliphatic hydroxyl groups excluding tert-OH is 1. The van der Waals surface area contributed by atoms with Crippen LogP contribution < -0.4 is 5.32 Å². The molecule has 1 saturated heterocycles. The Labute approximate surface area is 150 Å². The van der Waals surface area contributed by atoms with Gasteiger partial charge < -0.3 is 15.3 Å². The van der Waals surface area contributed by atoms with Crippen molar-refractivity contribution in [3.63, 3.8) is 0 Å². The molecule has 0 aromatic heterocycles. The number of hydrogen-bond donors (Lipinski definition) is 2. The minimum atomic E-state index is -0.579. The lowest BCUT2D eigenvalue weighted by molar-refractivity contribution is -0.145. The number of carbonyl (C=O) groups is 2. The molecule has 0 bridgehead atoms. The Kier molecular flexibility index (Phi) is 6.22. The maximum atomic E-state index is 12.5. The molecule has 25 heavy (non-hydrogen) atoms. The average Bonchev–Trinajstić information content (AvgIpc) is 2.62. The van der Waals surface area contributed by atoms with Gasteiger partial charge in [0.05, 0.1) is 0 Å². The molecule has 1 aliphatic rings. The van der Waals surface area contributed by atoms with Gasteiger partial charge in [-0.2, -0.15) is 0 Å². The van der Waals surface area contributed by atoms with Crippen molar-refractivity contribution in [2.45, 2.75) is 52.9 Å². The second-order valence-corrected chi connectivity index (χ2v) is 7.45. The third-order valence-electron chi connectivity index (χ3n) is 5.56. The van der Waals surface area contributed by atoms with Crippen molar-refractivity contribution in [3.8, 4) is 0 Å². The first-order valence-corrected chi connectivity index (χ1v) is 9.14. The Morgan fingerprint density at radius 1 is 1.28 bits per heavy atom. The zero-order valence-corrected chi connectivity index (χ0v) is 15.8. The number of rotatable bonds is 4. The number of anilines is 1. The van der Waals surface area contributed by atoms with Crippen LogP contribution in [0.1, 0.15) is 57.1 Å². The fourth-order valence-electron chi connectivity index (χ4n) is 3.46. The van der Waals surface area contributed by atoms with Crippen LogP contribution in [0.4, 0.5) is 5.69 Å². The van der Waals surface area contributed by atoms with Crippen LogP contribution in [-0.4, -0.2) is 41.5 Å². The first-order chi connectivity index (χ1) is 11.8. The van der Waals surface area contributed by atoms with Crippen LogP contribution in [-0.2, 0) is 9.59 Å². The normalized spacial score (nSPS) is 16.8. The van der Waals surface area contributed by atoms with Gasteiger partial charge in [-0.1, -0.05) is 39.0 Å². The minimum absolute atomic E-state index is 0.103. The number of aliphatic hydroxyl groups is 1. The third kappa shape index (κ3) is 4.21. The molecule has 138 valence electrons. The van der Waals surface area contributed by atoms with Gasteiger partial charge in [-0.3, -0.25) is 9.59 Å². The highest BCUT2D eigenvalue weighted by Crippen LogP contribution is 2.34. The molecule has 0 aliphatic carbocycles. The highest BCUT2D eigenvalue weighted by atomic mass is 16.3. The summed E-state index contributed by atoms with van der Waals surface area (Å²) in [4.78, 5) is 26.6. The number of likely N-dealkylation sites (tertiary alicyclic amines) is 1. The molecule has 1 heterocycles. The summed E-state index contributed by atoms with van der Waals surface area (Å²) in [6.07, 6.45) is 2.36. The Hall–Kier alpha value is -1.88. The molecule has 0 unspecified atom stereocenters. The lowest BCUT2D eigenvalue weighted by Crippen LogP contribution is -2.48. The molecule has 1 aliphatic heterocycles. The van der Waals surface area contributed by atoms with Crippen molar-refractivity contribution in [1.29, 1.82) is 0 Å². The van der Waals surface area contributed by atoms with Crippen molar-refractivity contribution in [1.82, 2.24) is 4.90 Å². The van der Waals surface area contributed by atoms with Crippen LogP contribution >= 0.6 is 0 Å². The van der Waals surface area contributed by atoms with E-state index in [9.17, 15) is 14.7 Å². The summed E-state index contributed by atoms with van der Waals surface area (Å²) in [5.74, 6) is -0.806. The summed E-state index contributed by atoms with van der Waals surface area (Å²) in [7, 11) is 0. The summed E-state index contributed by atoms with van der Waals surface area (Å²) >= 11 is 0. The molecule has 1 aromatic carbocycles. The maximum Gasteiger partial charge on any atom is 0.313 e. The standard InChI is InChI=1S/C20H30N2O3/c1-5-20(13-23)9-11-22(12-10-20)19(25)18(24)21-17-15(4)7-6-8-16(17)14(2)3/h6-8,14,23H,5,9-13H2,1-4H3,(H,21,24). The van der Waals surface area contributed by atoms with E-state index in [2.05, 4.69) is 26.1 Å². The van der Waals surface area contributed by atoms with Gasteiger partial charge in [0.25, 0.3) is 0 Å². The largest absolute Gasteiger partial charge is 0.396 e. The molecule has 5 heteroatoms. The van der Waals surface area contributed by atoms with Gasteiger partial charge in [-0.25, -0.2) is 0 Å². The van der Waals surface area contributed by atoms with Gasteiger partial charge in [-0.05, 0) is 48.6 Å². The number of amides is 2. The number of hydrogen-bond acceptors (Lipinski definition) is 3. The fourth-order valence-corrected chi connectivity index (χ4v) is 3.46. The van der Waals surface area contributed by atoms with Crippen LogP contribution in [0.25, 0.3) is 0 Å². The lowest BCUT2D eigenvalue weighted by Gasteiger charge is -2.39. The maximum absolute atomic E-state index is 12.5. The number of para-hydroxylation sites is 1. The first-order valence-electron chi connectivity index (χ1n) is 9.14. The van der Waals surface area contributed by atoms with Crippen molar-refractivity contribution >= 4 is 17.5 Å². The number of piperidine rings is 1. The summed E-state index contributed by atoms with van der Waals surface area (Å²) in [5.41, 5.74) is 2.63. The molecule has 0 atom stereocenters. The van der Waals surface area contributed by atoms with E-state index in [0.717, 1.165) is 36.1 Å². The minimum Gasteiger partial charge on any atom is -0.396 e. The number of aryl methyl sites for hydroxylation is 1. The van der Waals surface area contributed by atoms with E-state index in [1.54, 1.807) is 4.90 Å². The molecule has 2 amide bonds. The molecule has 2 N–H and O–H groups in total. The van der Waals surface area contributed by atoms with E-state index in [1.807, 2.05) is 25.1 Å². The Balaban J connectivity index is 2.07. The highest BCUT2D eigenvalue weighted by Gasteiger charge is 2.35. The molecule has 1 aromatic rings. The number of benzene rings is 1. The second kappa shape index (κ2) is 8.00. The van der Waals surface area contributed by atoms with Gasteiger partial charge in [0, 0.05) is 25.4 Å². The fraction of sp³-hybridized carbons (Fsp3) is 0.600. The smallest absolute Gasteiger partial charge is 0.313 e. The Morgan fingerprint density at radius 2 is 1.92 bits per heavy atom. The van der Waals surface area contributed by atoms with Gasteiger partial charge in [0.1, 0.15) is 0 Å². The molecule has 5 nitrogen and oxygen atoms in total. The summed E-state index contributed by atoms with van der Waals surface area (Å²) in [5, 5.41) is 12.4. The monoisotopic (exact) mass is 346 g/mol. The summed E-state index contributed by atoms with van der Waals surface area (Å²) in [6.45, 7) is 9.30. The molecule has 0 radical (unpaired) electrons. The first kappa shape index (κ1) is 19.4. The summed E-state index contributed by atoms with van der Waals surface area (Å²) in [6, 6.07) is 5.88. The van der Waals surface area contributed by atoms with Crippen molar-refractivity contribution in [3.05, 3.63) is 29.3 Å². The summed E-state index contributed by atoms with van der Waals surface area (Å²) < 4.78 is 0. The van der Waals surface area contributed by atoms with Crippen LogP contribution in [0.15, 0.2) is 18.2 Å². The van der Waals surface area contributed by atoms with E-state index in [-0.39, 0.29) is 17.9 Å². The van der Waals surface area contributed by atoms with Crippen LogP contribution in [0.5, 0.6) is 0 Å². The van der Waals surface area contributed by atoms with Crippen molar-refractivity contribution in [2.24, 2.45) is 5.41 Å². The number of nitrogens with zero attached hydrogens (tertiary/aromatic N) is 1. The molecule has 1 fully saturated rings. The quantitative estimate of drug-likeness (QED) is 0.823. The molecule has 0 spiro atoms. The second-order valence-electron chi connectivity index (χ2n) is 7.45. The lowest BCUT2D eigenvalue weighted by atomic mass is 9.77. The van der Waals surface area contributed by atoms with Crippen LogP contribution in [0.2, 0.25) is 0 Å². The van der Waals surface area contributed by atoms with E-state index >= 15 is 0 Å². The number of carbonyl (C=O) groups excluding carboxylic acids is 2. The predicted molar refractivity (Wildman–Crippen MR) is 99.5 cm³/mol. The van der Waals surface area contributed by atoms with E-state index in [1.165, 1.54) is 0 Å². The third-order valence-corrected chi connectivity index (χ3v) is 5.56.